The second-order valence-corrected chi connectivity index (χ2v) is 5.48. The van der Waals surface area contributed by atoms with Crippen LogP contribution in [0.4, 0.5) is 11.4 Å². The summed E-state index contributed by atoms with van der Waals surface area (Å²) in [6.45, 7) is 0. The highest BCUT2D eigenvalue weighted by molar-refractivity contribution is 6.42. The van der Waals surface area contributed by atoms with Crippen molar-refractivity contribution >= 4 is 46.4 Å². The number of hydrogen-bond acceptors (Lipinski definition) is 3. The van der Waals surface area contributed by atoms with Gasteiger partial charge in [0.15, 0.2) is 0 Å². The van der Waals surface area contributed by atoms with E-state index in [2.05, 4.69) is 10.6 Å². The van der Waals surface area contributed by atoms with E-state index in [9.17, 15) is 9.59 Å². The molecule has 0 aliphatic heterocycles. The van der Waals surface area contributed by atoms with Crippen molar-refractivity contribution in [2.75, 3.05) is 17.7 Å². The molecule has 2 aromatic carbocycles. The predicted molar refractivity (Wildman–Crippen MR) is 95.9 cm³/mol. The monoisotopic (exact) mass is 364 g/mol. The molecule has 0 radical (unpaired) electrons. The van der Waals surface area contributed by atoms with Crippen molar-refractivity contribution in [1.82, 2.24) is 0 Å². The molecule has 0 spiro atoms. The number of benzene rings is 2. The zero-order valence-corrected chi connectivity index (χ0v) is 14.2. The summed E-state index contributed by atoms with van der Waals surface area (Å²) in [6.07, 6.45) is 2.26. The van der Waals surface area contributed by atoms with Crippen LogP contribution in [0.5, 0.6) is 5.75 Å². The highest BCUT2D eigenvalue weighted by Gasteiger charge is 2.03. The maximum atomic E-state index is 11.8. The van der Waals surface area contributed by atoms with Crippen LogP contribution in [0.2, 0.25) is 10.0 Å². The van der Waals surface area contributed by atoms with Crippen LogP contribution in [0.15, 0.2) is 54.6 Å². The average Bonchev–Trinajstić information content (AvgIpc) is 2.57. The Hall–Kier alpha value is -2.50. The normalized spacial score (nSPS) is 10.5. The van der Waals surface area contributed by atoms with Gasteiger partial charge in [-0.25, -0.2) is 0 Å². The summed E-state index contributed by atoms with van der Waals surface area (Å²) in [5, 5.41) is 5.93. The van der Waals surface area contributed by atoms with Gasteiger partial charge in [0.05, 0.1) is 17.2 Å². The van der Waals surface area contributed by atoms with Gasteiger partial charge in [0, 0.05) is 23.5 Å². The van der Waals surface area contributed by atoms with E-state index in [-0.39, 0.29) is 0 Å². The van der Waals surface area contributed by atoms with Crippen LogP contribution in [0.25, 0.3) is 0 Å². The number of methoxy groups -OCH3 is 1. The molecule has 0 aliphatic rings. The molecule has 124 valence electrons. The Morgan fingerprint density at radius 2 is 1.42 bits per heavy atom. The number of carbonyl (C=O) groups is 2. The summed E-state index contributed by atoms with van der Waals surface area (Å²) in [5.74, 6) is -0.202. The van der Waals surface area contributed by atoms with Gasteiger partial charge in [-0.1, -0.05) is 23.2 Å². The minimum Gasteiger partial charge on any atom is -0.497 e. The summed E-state index contributed by atoms with van der Waals surface area (Å²) in [7, 11) is 1.56. The zero-order chi connectivity index (χ0) is 17.5. The fourth-order valence-corrected chi connectivity index (χ4v) is 2.07. The number of amides is 2. The molecular weight excluding hydrogens is 351 g/mol. The Labute approximate surface area is 149 Å². The third kappa shape index (κ3) is 5.30. The van der Waals surface area contributed by atoms with Crippen LogP contribution >= 0.6 is 23.2 Å². The van der Waals surface area contributed by atoms with Crippen LogP contribution in [-0.2, 0) is 9.59 Å². The molecule has 0 atom stereocenters. The van der Waals surface area contributed by atoms with Crippen LogP contribution in [0.1, 0.15) is 0 Å². The number of rotatable bonds is 5. The van der Waals surface area contributed by atoms with Gasteiger partial charge in [0.25, 0.3) is 0 Å². The highest BCUT2D eigenvalue weighted by Crippen LogP contribution is 2.24. The lowest BCUT2D eigenvalue weighted by Crippen LogP contribution is -2.12. The number of anilines is 2. The first-order valence-electron chi connectivity index (χ1n) is 6.87. The lowest BCUT2D eigenvalue weighted by Gasteiger charge is -2.04. The smallest absolute Gasteiger partial charge is 0.248 e. The third-order valence-corrected chi connectivity index (χ3v) is 3.67. The molecule has 24 heavy (non-hydrogen) atoms. The maximum Gasteiger partial charge on any atom is 0.248 e. The Bertz CT molecular complexity index is 774. The van der Waals surface area contributed by atoms with E-state index in [1.54, 1.807) is 43.5 Å². The molecule has 0 bridgehead atoms. The number of halogens is 2. The zero-order valence-electron chi connectivity index (χ0n) is 12.7. The summed E-state index contributed by atoms with van der Waals surface area (Å²) in [6, 6.07) is 11.5. The average molecular weight is 365 g/mol. The van der Waals surface area contributed by atoms with E-state index in [0.717, 1.165) is 12.2 Å². The van der Waals surface area contributed by atoms with Gasteiger partial charge in [-0.3, -0.25) is 9.59 Å². The number of hydrogen-bond donors (Lipinski definition) is 2. The van der Waals surface area contributed by atoms with Gasteiger partial charge in [-0.2, -0.15) is 0 Å². The van der Waals surface area contributed by atoms with E-state index in [4.69, 9.17) is 27.9 Å². The van der Waals surface area contributed by atoms with Gasteiger partial charge >= 0.3 is 0 Å². The predicted octanol–water partition coefficient (Wildman–Crippen LogP) is 4.14. The topological polar surface area (TPSA) is 67.4 Å². The van der Waals surface area contributed by atoms with Crippen LogP contribution in [0, 0.1) is 0 Å². The molecule has 0 fully saturated rings. The molecular formula is C17H14Cl2N2O3. The maximum absolute atomic E-state index is 11.8. The van der Waals surface area contributed by atoms with Crippen molar-refractivity contribution in [2.45, 2.75) is 0 Å². The molecule has 0 aromatic heterocycles. The minimum atomic E-state index is -0.460. The van der Waals surface area contributed by atoms with Crippen molar-refractivity contribution in [3.8, 4) is 5.75 Å². The van der Waals surface area contributed by atoms with Crippen LogP contribution < -0.4 is 15.4 Å². The molecule has 0 saturated heterocycles. The second-order valence-electron chi connectivity index (χ2n) is 4.67. The van der Waals surface area contributed by atoms with Crippen molar-refractivity contribution in [3.05, 3.63) is 64.7 Å². The summed E-state index contributed by atoms with van der Waals surface area (Å²) >= 11 is 11.7. The van der Waals surface area contributed by atoms with Crippen molar-refractivity contribution < 1.29 is 14.3 Å². The summed E-state index contributed by atoms with van der Waals surface area (Å²) < 4.78 is 5.03. The Kier molecular flexibility index (Phi) is 6.23. The van der Waals surface area contributed by atoms with E-state index in [1.807, 2.05) is 0 Å². The van der Waals surface area contributed by atoms with E-state index >= 15 is 0 Å². The van der Waals surface area contributed by atoms with Gasteiger partial charge in [0.1, 0.15) is 5.75 Å². The fourth-order valence-electron chi connectivity index (χ4n) is 1.77. The van der Waals surface area contributed by atoms with Gasteiger partial charge in [-0.15, -0.1) is 0 Å². The lowest BCUT2D eigenvalue weighted by molar-refractivity contribution is -0.114. The molecule has 7 heteroatoms. The largest absolute Gasteiger partial charge is 0.497 e. The first kappa shape index (κ1) is 17.8. The third-order valence-electron chi connectivity index (χ3n) is 2.93. The first-order chi connectivity index (χ1) is 11.5. The Morgan fingerprint density at radius 3 is 1.96 bits per heavy atom. The van der Waals surface area contributed by atoms with Gasteiger partial charge < -0.3 is 15.4 Å². The quantitative estimate of drug-likeness (QED) is 0.783. The Morgan fingerprint density at radius 1 is 0.875 bits per heavy atom. The van der Waals surface area contributed by atoms with Crippen molar-refractivity contribution in [2.24, 2.45) is 0 Å². The van der Waals surface area contributed by atoms with E-state index < -0.39 is 11.8 Å². The number of carbonyl (C=O) groups excluding carboxylic acids is 2. The molecule has 0 aliphatic carbocycles. The summed E-state index contributed by atoms with van der Waals surface area (Å²) in [4.78, 5) is 23.6. The summed E-state index contributed by atoms with van der Waals surface area (Å²) in [5.41, 5.74) is 1.07. The molecule has 2 aromatic rings. The number of ether oxygens (including phenoxy) is 1. The van der Waals surface area contributed by atoms with Crippen LogP contribution in [-0.4, -0.2) is 18.9 Å². The Balaban J connectivity index is 1.89. The number of nitrogens with one attached hydrogen (secondary N) is 2. The molecule has 2 rings (SSSR count). The molecule has 0 unspecified atom stereocenters. The standard InChI is InChI=1S/C17H14Cl2N2O3/c1-24-13-5-2-11(3-6-13)20-16(22)8-9-17(23)21-12-4-7-14(18)15(19)10-12/h2-10H,1H3,(H,20,22)(H,21,23)/b9-8-. The highest BCUT2D eigenvalue weighted by atomic mass is 35.5. The van der Waals surface area contributed by atoms with E-state index in [0.29, 0.717) is 27.2 Å². The van der Waals surface area contributed by atoms with E-state index in [1.165, 1.54) is 6.07 Å². The van der Waals surface area contributed by atoms with Crippen molar-refractivity contribution in [3.63, 3.8) is 0 Å². The van der Waals surface area contributed by atoms with Crippen LogP contribution in [0.3, 0.4) is 0 Å². The molecule has 0 heterocycles. The van der Waals surface area contributed by atoms with Gasteiger partial charge in [-0.05, 0) is 42.5 Å². The second kappa shape index (κ2) is 8.38. The fraction of sp³-hybridized carbons (Fsp3) is 0.0588. The molecule has 0 saturated carbocycles. The lowest BCUT2D eigenvalue weighted by atomic mass is 10.3. The molecule has 5 nitrogen and oxygen atoms in total. The van der Waals surface area contributed by atoms with Crippen molar-refractivity contribution in [1.29, 1.82) is 0 Å². The molecule has 2 N–H and O–H groups in total. The minimum absolute atomic E-state index is 0.329. The first-order valence-corrected chi connectivity index (χ1v) is 7.62. The molecule has 2 amide bonds. The SMILES string of the molecule is COc1ccc(NC(=O)/C=C\C(=O)Nc2ccc(Cl)c(Cl)c2)cc1. The van der Waals surface area contributed by atoms with Gasteiger partial charge in [0.2, 0.25) is 11.8 Å².